The predicted molar refractivity (Wildman–Crippen MR) is 69.9 cm³/mol. The molecule has 0 radical (unpaired) electrons. The maximum atomic E-state index is 11.0. The molecule has 0 saturated carbocycles. The van der Waals surface area contributed by atoms with E-state index < -0.39 is 4.92 Å². The lowest BCUT2D eigenvalue weighted by molar-refractivity contribution is -0.385. The molecule has 7 heteroatoms. The highest BCUT2D eigenvalue weighted by atomic mass is 16.6. The summed E-state index contributed by atoms with van der Waals surface area (Å²) in [6, 6.07) is 7.49. The number of nitrogens with zero attached hydrogens (tertiary/aromatic N) is 2. The molecule has 0 amide bonds. The van der Waals surface area contributed by atoms with Crippen LogP contribution >= 0.6 is 0 Å². The summed E-state index contributed by atoms with van der Waals surface area (Å²) in [6.45, 7) is -0.271. The highest BCUT2D eigenvalue weighted by Gasteiger charge is 2.18. The number of pyridine rings is 1. The fourth-order valence-electron chi connectivity index (χ4n) is 1.59. The normalized spacial score (nSPS) is 10.1. The van der Waals surface area contributed by atoms with Crippen LogP contribution in [-0.2, 0) is 6.61 Å². The van der Waals surface area contributed by atoms with E-state index in [4.69, 9.17) is 9.47 Å². The van der Waals surface area contributed by atoms with Crippen LogP contribution in [0.15, 0.2) is 36.5 Å². The Labute approximate surface area is 114 Å². The highest BCUT2D eigenvalue weighted by molar-refractivity contribution is 5.52. The predicted octanol–water partition coefficient (Wildman–Crippen LogP) is 2.28. The number of aromatic nitrogens is 1. The molecule has 0 aliphatic carbocycles. The summed E-state index contributed by atoms with van der Waals surface area (Å²) in [4.78, 5) is 14.4. The molecule has 104 valence electrons. The van der Waals surface area contributed by atoms with Crippen molar-refractivity contribution in [1.29, 1.82) is 0 Å². The number of methoxy groups -OCH3 is 1. The van der Waals surface area contributed by atoms with Crippen molar-refractivity contribution in [2.45, 2.75) is 6.61 Å². The van der Waals surface area contributed by atoms with Gasteiger partial charge in [0, 0.05) is 11.8 Å². The average Bonchev–Trinajstić information content (AvgIpc) is 2.48. The van der Waals surface area contributed by atoms with Crippen molar-refractivity contribution in [2.24, 2.45) is 0 Å². The van der Waals surface area contributed by atoms with Crippen LogP contribution in [0, 0.1) is 10.1 Å². The van der Waals surface area contributed by atoms with E-state index in [1.807, 2.05) is 0 Å². The lowest BCUT2D eigenvalue weighted by Gasteiger charge is -2.09. The third kappa shape index (κ3) is 2.83. The minimum absolute atomic E-state index is 0.0317. The molecule has 0 atom stereocenters. The zero-order chi connectivity index (χ0) is 14.5. The van der Waals surface area contributed by atoms with Crippen LogP contribution in [0.4, 0.5) is 5.69 Å². The molecule has 1 aromatic carbocycles. The van der Waals surface area contributed by atoms with Crippen LogP contribution in [-0.4, -0.2) is 22.1 Å². The van der Waals surface area contributed by atoms with Crippen LogP contribution in [0.1, 0.15) is 5.56 Å². The van der Waals surface area contributed by atoms with E-state index in [2.05, 4.69) is 4.98 Å². The van der Waals surface area contributed by atoms with Crippen molar-refractivity contribution in [3.63, 3.8) is 0 Å². The van der Waals surface area contributed by atoms with Crippen molar-refractivity contribution in [1.82, 2.24) is 4.98 Å². The van der Waals surface area contributed by atoms with E-state index in [0.29, 0.717) is 11.3 Å². The number of hydrogen-bond acceptors (Lipinski definition) is 6. The van der Waals surface area contributed by atoms with Gasteiger partial charge in [-0.05, 0) is 24.3 Å². The van der Waals surface area contributed by atoms with Crippen LogP contribution < -0.4 is 9.47 Å². The first-order chi connectivity index (χ1) is 9.65. The molecule has 0 fully saturated rings. The Morgan fingerprint density at radius 3 is 2.85 bits per heavy atom. The number of ether oxygens (including phenoxy) is 2. The fourth-order valence-corrected chi connectivity index (χ4v) is 1.59. The molecule has 0 bridgehead atoms. The molecule has 20 heavy (non-hydrogen) atoms. The van der Waals surface area contributed by atoms with Gasteiger partial charge in [0.15, 0.2) is 0 Å². The Morgan fingerprint density at radius 2 is 2.20 bits per heavy atom. The summed E-state index contributed by atoms with van der Waals surface area (Å²) in [7, 11) is 1.42. The summed E-state index contributed by atoms with van der Waals surface area (Å²) in [5.74, 6) is 0.514. The van der Waals surface area contributed by atoms with Crippen molar-refractivity contribution >= 4 is 5.69 Å². The molecule has 1 heterocycles. The van der Waals surface area contributed by atoms with Gasteiger partial charge in [0.05, 0.1) is 24.7 Å². The second-order valence-electron chi connectivity index (χ2n) is 3.82. The summed E-state index contributed by atoms with van der Waals surface area (Å²) >= 11 is 0. The largest absolute Gasteiger partial charge is 0.496 e. The molecule has 2 rings (SSSR count). The van der Waals surface area contributed by atoms with Gasteiger partial charge in [-0.25, -0.2) is 4.98 Å². The maximum Gasteiger partial charge on any atom is 0.315 e. The first kappa shape index (κ1) is 13.8. The van der Waals surface area contributed by atoms with Gasteiger partial charge in [0.1, 0.15) is 5.75 Å². The second kappa shape index (κ2) is 5.98. The number of hydrogen-bond donors (Lipinski definition) is 1. The van der Waals surface area contributed by atoms with Gasteiger partial charge in [-0.2, -0.15) is 0 Å². The third-order valence-corrected chi connectivity index (χ3v) is 2.59. The molecular formula is C13H12N2O5. The SMILES string of the molecule is COc1ccc(Oc2ncccc2CO)c([N+](=O)[O-])c1. The van der Waals surface area contributed by atoms with Gasteiger partial charge in [-0.15, -0.1) is 0 Å². The van der Waals surface area contributed by atoms with E-state index >= 15 is 0 Å². The Hall–Kier alpha value is -2.67. The Bertz CT molecular complexity index is 630. The summed E-state index contributed by atoms with van der Waals surface area (Å²) < 4.78 is 10.4. The average molecular weight is 276 g/mol. The van der Waals surface area contributed by atoms with Crippen molar-refractivity contribution in [2.75, 3.05) is 7.11 Å². The topological polar surface area (TPSA) is 94.7 Å². The van der Waals surface area contributed by atoms with Crippen molar-refractivity contribution < 1.29 is 19.5 Å². The van der Waals surface area contributed by atoms with Gasteiger partial charge < -0.3 is 14.6 Å². The van der Waals surface area contributed by atoms with Crippen molar-refractivity contribution in [3.8, 4) is 17.4 Å². The Balaban J connectivity index is 2.40. The van der Waals surface area contributed by atoms with Gasteiger partial charge in [-0.3, -0.25) is 10.1 Å². The van der Waals surface area contributed by atoms with Gasteiger partial charge in [0.2, 0.25) is 11.6 Å². The minimum atomic E-state index is -0.570. The molecule has 0 saturated heterocycles. The Kier molecular flexibility index (Phi) is 4.11. The molecule has 0 aliphatic rings. The molecule has 7 nitrogen and oxygen atoms in total. The number of benzene rings is 1. The lowest BCUT2D eigenvalue weighted by Crippen LogP contribution is -1.98. The molecule has 0 spiro atoms. The first-order valence-electron chi connectivity index (χ1n) is 5.70. The van der Waals surface area contributed by atoms with Gasteiger partial charge in [0.25, 0.3) is 0 Å². The zero-order valence-corrected chi connectivity index (χ0v) is 10.6. The molecular weight excluding hydrogens is 264 g/mol. The van der Waals surface area contributed by atoms with E-state index in [-0.39, 0.29) is 23.9 Å². The first-order valence-corrected chi connectivity index (χ1v) is 5.70. The quantitative estimate of drug-likeness (QED) is 0.665. The lowest BCUT2D eigenvalue weighted by atomic mass is 10.2. The smallest absolute Gasteiger partial charge is 0.315 e. The highest BCUT2D eigenvalue weighted by Crippen LogP contribution is 2.34. The van der Waals surface area contributed by atoms with E-state index in [1.165, 1.54) is 25.4 Å². The fraction of sp³-hybridized carbons (Fsp3) is 0.154. The third-order valence-electron chi connectivity index (χ3n) is 2.59. The monoisotopic (exact) mass is 276 g/mol. The number of rotatable bonds is 5. The van der Waals surface area contributed by atoms with Crippen LogP contribution in [0.2, 0.25) is 0 Å². The standard InChI is InChI=1S/C13H12N2O5/c1-19-10-4-5-12(11(7-10)15(17)18)20-13-9(8-16)3-2-6-14-13/h2-7,16H,8H2,1H3. The second-order valence-corrected chi connectivity index (χ2v) is 3.82. The molecule has 1 N–H and O–H groups in total. The van der Waals surface area contributed by atoms with Gasteiger partial charge in [-0.1, -0.05) is 0 Å². The maximum absolute atomic E-state index is 11.0. The molecule has 0 unspecified atom stereocenters. The minimum Gasteiger partial charge on any atom is -0.496 e. The van der Waals surface area contributed by atoms with Crippen LogP contribution in [0.25, 0.3) is 0 Å². The van der Waals surface area contributed by atoms with E-state index in [9.17, 15) is 15.2 Å². The Morgan fingerprint density at radius 1 is 1.40 bits per heavy atom. The summed E-state index contributed by atoms with van der Waals surface area (Å²) in [5.41, 5.74) is 0.205. The molecule has 1 aromatic heterocycles. The van der Waals surface area contributed by atoms with E-state index in [0.717, 1.165) is 0 Å². The number of nitro benzene ring substituents is 1. The van der Waals surface area contributed by atoms with E-state index in [1.54, 1.807) is 18.2 Å². The summed E-state index contributed by atoms with van der Waals surface area (Å²) in [6.07, 6.45) is 1.48. The molecule has 2 aromatic rings. The van der Waals surface area contributed by atoms with Gasteiger partial charge >= 0.3 is 5.69 Å². The van der Waals surface area contributed by atoms with Crippen LogP contribution in [0.5, 0.6) is 17.4 Å². The molecule has 0 aliphatic heterocycles. The number of aliphatic hydroxyl groups excluding tert-OH is 1. The zero-order valence-electron chi connectivity index (χ0n) is 10.6. The van der Waals surface area contributed by atoms with Crippen molar-refractivity contribution in [3.05, 3.63) is 52.2 Å². The summed E-state index contributed by atoms with van der Waals surface area (Å²) in [5, 5.41) is 20.2. The van der Waals surface area contributed by atoms with Crippen LogP contribution in [0.3, 0.4) is 0 Å². The number of aliphatic hydroxyl groups is 1. The number of nitro groups is 1.